The van der Waals surface area contributed by atoms with E-state index in [9.17, 15) is 4.79 Å². The van der Waals surface area contributed by atoms with Crippen molar-refractivity contribution < 1.29 is 18.7 Å². The lowest BCUT2D eigenvalue weighted by Gasteiger charge is -2.23. The number of ether oxygens (including phenoxy) is 2. The maximum atomic E-state index is 13.1. The summed E-state index contributed by atoms with van der Waals surface area (Å²) in [6, 6.07) is 19.0. The molecular weight excluding hydrogens is 368 g/mol. The van der Waals surface area contributed by atoms with Crippen LogP contribution in [0.15, 0.2) is 71.3 Å². The first kappa shape index (κ1) is 20.5. The molecule has 0 radical (unpaired) electrons. The molecule has 0 unspecified atom stereocenters. The summed E-state index contributed by atoms with van der Waals surface area (Å²) >= 11 is 0. The van der Waals surface area contributed by atoms with Gasteiger partial charge in [-0.2, -0.15) is 0 Å². The van der Waals surface area contributed by atoms with E-state index < -0.39 is 0 Å². The van der Waals surface area contributed by atoms with Gasteiger partial charge in [0, 0.05) is 13.7 Å². The van der Waals surface area contributed by atoms with E-state index >= 15 is 0 Å². The quantitative estimate of drug-likeness (QED) is 0.527. The largest absolute Gasteiger partial charge is 0.489 e. The Morgan fingerprint density at radius 3 is 2.59 bits per heavy atom. The van der Waals surface area contributed by atoms with Crippen LogP contribution < -0.4 is 10.1 Å². The van der Waals surface area contributed by atoms with Crippen molar-refractivity contribution in [3.05, 3.63) is 83.8 Å². The highest BCUT2D eigenvalue weighted by molar-refractivity contribution is 5.91. The minimum absolute atomic E-state index is 0.231. The van der Waals surface area contributed by atoms with Gasteiger partial charge in [0.05, 0.1) is 25.1 Å². The molecule has 0 spiro atoms. The van der Waals surface area contributed by atoms with Crippen LogP contribution in [0.5, 0.6) is 5.75 Å². The van der Waals surface area contributed by atoms with E-state index in [1.54, 1.807) is 18.3 Å². The number of anilines is 1. The van der Waals surface area contributed by atoms with E-state index in [0.717, 1.165) is 16.9 Å². The summed E-state index contributed by atoms with van der Waals surface area (Å²) < 4.78 is 16.3. The Bertz CT molecular complexity index is 895. The highest BCUT2D eigenvalue weighted by Gasteiger charge is 2.18. The Kier molecular flexibility index (Phi) is 7.30. The molecule has 2 amide bonds. The molecule has 0 saturated carbocycles. The molecule has 0 saturated heterocycles. The molecule has 0 bridgehead atoms. The van der Waals surface area contributed by atoms with E-state index in [2.05, 4.69) is 5.32 Å². The molecule has 1 N–H and O–H groups in total. The van der Waals surface area contributed by atoms with Crippen LogP contribution >= 0.6 is 0 Å². The molecule has 6 heteroatoms. The van der Waals surface area contributed by atoms with Crippen LogP contribution in [0.1, 0.15) is 16.9 Å². The number of carbonyl (C=O) groups excluding carboxylic acids is 1. The number of nitrogens with one attached hydrogen (secondary N) is 1. The lowest BCUT2D eigenvalue weighted by Crippen LogP contribution is -2.34. The van der Waals surface area contributed by atoms with E-state index in [-0.39, 0.29) is 6.03 Å². The molecule has 29 heavy (non-hydrogen) atoms. The Hall–Kier alpha value is -3.25. The van der Waals surface area contributed by atoms with Gasteiger partial charge >= 0.3 is 6.03 Å². The number of hydrogen-bond acceptors (Lipinski definition) is 4. The van der Waals surface area contributed by atoms with Crippen molar-refractivity contribution in [2.45, 2.75) is 20.0 Å². The zero-order valence-corrected chi connectivity index (χ0v) is 16.8. The van der Waals surface area contributed by atoms with Gasteiger partial charge in [0.15, 0.2) is 0 Å². The van der Waals surface area contributed by atoms with Gasteiger partial charge in [-0.1, -0.05) is 36.4 Å². The number of methoxy groups -OCH3 is 1. The van der Waals surface area contributed by atoms with Crippen molar-refractivity contribution in [2.75, 3.05) is 25.6 Å². The molecule has 0 aliphatic heterocycles. The molecule has 1 aromatic heterocycles. The van der Waals surface area contributed by atoms with Gasteiger partial charge < -0.3 is 24.1 Å². The molecule has 3 aromatic rings. The molecule has 2 aromatic carbocycles. The Labute approximate surface area is 171 Å². The van der Waals surface area contributed by atoms with Gasteiger partial charge in [0.1, 0.15) is 18.1 Å². The lowest BCUT2D eigenvalue weighted by molar-refractivity contribution is 0.146. The molecular formula is C23H26N2O4. The zero-order chi connectivity index (χ0) is 20.5. The molecule has 0 aliphatic carbocycles. The molecule has 6 nitrogen and oxygen atoms in total. The molecule has 1 heterocycles. The zero-order valence-electron chi connectivity index (χ0n) is 16.8. The molecule has 0 aliphatic rings. The summed E-state index contributed by atoms with van der Waals surface area (Å²) in [5.41, 5.74) is 2.70. The second-order valence-corrected chi connectivity index (χ2v) is 6.69. The number of nitrogens with zero attached hydrogens (tertiary/aromatic N) is 1. The maximum absolute atomic E-state index is 13.1. The van der Waals surface area contributed by atoms with Crippen LogP contribution in [0.2, 0.25) is 0 Å². The summed E-state index contributed by atoms with van der Waals surface area (Å²) in [5.74, 6) is 1.34. The highest BCUT2D eigenvalue weighted by atomic mass is 16.5. The number of rotatable bonds is 9. The number of carbonyl (C=O) groups is 1. The average Bonchev–Trinajstić information content (AvgIpc) is 3.23. The normalized spacial score (nSPS) is 10.6. The summed E-state index contributed by atoms with van der Waals surface area (Å²) in [6.07, 6.45) is 1.61. The summed E-state index contributed by atoms with van der Waals surface area (Å²) in [6.45, 7) is 3.68. The van der Waals surface area contributed by atoms with E-state index in [4.69, 9.17) is 13.9 Å². The lowest BCUT2D eigenvalue weighted by atomic mass is 10.2. The van der Waals surface area contributed by atoms with Crippen LogP contribution in [0, 0.1) is 6.92 Å². The van der Waals surface area contributed by atoms with Gasteiger partial charge in [-0.25, -0.2) is 4.79 Å². The molecule has 0 atom stereocenters. The first-order valence-corrected chi connectivity index (χ1v) is 9.50. The fourth-order valence-corrected chi connectivity index (χ4v) is 2.88. The monoisotopic (exact) mass is 394 g/mol. The number of furan rings is 1. The number of amides is 2. The van der Waals surface area contributed by atoms with Crippen molar-refractivity contribution in [1.29, 1.82) is 0 Å². The predicted octanol–water partition coefficient (Wildman–Crippen LogP) is 4.85. The number of hydrogen-bond donors (Lipinski definition) is 1. The summed E-state index contributed by atoms with van der Waals surface area (Å²) in [5, 5.41) is 2.98. The topological polar surface area (TPSA) is 63.9 Å². The summed E-state index contributed by atoms with van der Waals surface area (Å²) in [4.78, 5) is 14.8. The minimum atomic E-state index is -0.231. The van der Waals surface area contributed by atoms with Gasteiger partial charge in [-0.05, 0) is 42.3 Å². The molecule has 0 fully saturated rings. The predicted molar refractivity (Wildman–Crippen MR) is 112 cm³/mol. The van der Waals surface area contributed by atoms with Crippen LogP contribution in [0.4, 0.5) is 10.5 Å². The standard InChI is InChI=1S/C23H26N2O4/c1-18-10-11-21(22(15-18)29-14-13-27-2)24-23(26)25(17-20-9-6-12-28-20)16-19-7-4-3-5-8-19/h3-12,15H,13-14,16-17H2,1-2H3,(H,24,26). The van der Waals surface area contributed by atoms with Gasteiger partial charge in [-0.3, -0.25) is 0 Å². The molecule has 152 valence electrons. The Morgan fingerprint density at radius 1 is 1.03 bits per heavy atom. The fraction of sp³-hybridized carbons (Fsp3) is 0.261. The van der Waals surface area contributed by atoms with E-state index in [1.807, 2.05) is 67.6 Å². The average molecular weight is 394 g/mol. The smallest absolute Gasteiger partial charge is 0.322 e. The number of urea groups is 1. The maximum Gasteiger partial charge on any atom is 0.322 e. The third-order valence-corrected chi connectivity index (χ3v) is 4.35. The minimum Gasteiger partial charge on any atom is -0.489 e. The number of aryl methyl sites for hydroxylation is 1. The SMILES string of the molecule is COCCOc1cc(C)ccc1NC(=O)N(Cc1ccccc1)Cc1ccco1. The number of benzene rings is 2. The Balaban J connectivity index is 1.77. The molecule has 3 rings (SSSR count). The van der Waals surface area contributed by atoms with Crippen molar-refractivity contribution >= 4 is 11.7 Å². The van der Waals surface area contributed by atoms with Gasteiger partial charge in [-0.15, -0.1) is 0 Å². The van der Waals surface area contributed by atoms with Crippen LogP contribution in [-0.2, 0) is 17.8 Å². The highest BCUT2D eigenvalue weighted by Crippen LogP contribution is 2.26. The van der Waals surface area contributed by atoms with E-state index in [0.29, 0.717) is 37.7 Å². The Morgan fingerprint density at radius 2 is 1.86 bits per heavy atom. The third kappa shape index (κ3) is 6.12. The van der Waals surface area contributed by atoms with Crippen LogP contribution in [0.25, 0.3) is 0 Å². The first-order valence-electron chi connectivity index (χ1n) is 9.50. The van der Waals surface area contributed by atoms with Crippen molar-refractivity contribution in [3.8, 4) is 5.75 Å². The second-order valence-electron chi connectivity index (χ2n) is 6.69. The van der Waals surface area contributed by atoms with Crippen molar-refractivity contribution in [2.24, 2.45) is 0 Å². The summed E-state index contributed by atoms with van der Waals surface area (Å²) in [7, 11) is 1.62. The van der Waals surface area contributed by atoms with Crippen LogP contribution in [-0.4, -0.2) is 31.3 Å². The van der Waals surface area contributed by atoms with Crippen molar-refractivity contribution in [3.63, 3.8) is 0 Å². The van der Waals surface area contributed by atoms with Crippen LogP contribution in [0.3, 0.4) is 0 Å². The third-order valence-electron chi connectivity index (χ3n) is 4.35. The van der Waals surface area contributed by atoms with Crippen molar-refractivity contribution in [1.82, 2.24) is 4.90 Å². The van der Waals surface area contributed by atoms with E-state index in [1.165, 1.54) is 0 Å². The fourth-order valence-electron chi connectivity index (χ4n) is 2.88. The second kappa shape index (κ2) is 10.3. The van der Waals surface area contributed by atoms with Gasteiger partial charge in [0.25, 0.3) is 0 Å². The van der Waals surface area contributed by atoms with Gasteiger partial charge in [0.2, 0.25) is 0 Å². The first-order chi connectivity index (χ1) is 14.2.